The highest BCUT2D eigenvalue weighted by Gasteiger charge is 2.14. The normalized spacial score (nSPS) is 11.3. The Kier molecular flexibility index (Phi) is 5.03. The molecule has 2 aromatic rings. The molecule has 1 N–H and O–H groups in total. The van der Waals surface area contributed by atoms with Gasteiger partial charge in [-0.3, -0.25) is 4.90 Å². The van der Waals surface area contributed by atoms with Crippen molar-refractivity contribution in [2.75, 3.05) is 0 Å². The van der Waals surface area contributed by atoms with Gasteiger partial charge < -0.3 is 5.11 Å². The Hall–Kier alpha value is -1.80. The summed E-state index contributed by atoms with van der Waals surface area (Å²) in [4.78, 5) is 2.38. The smallest absolute Gasteiger partial charge is 0.122 e. The van der Waals surface area contributed by atoms with E-state index in [2.05, 4.69) is 56.0 Å². The molecule has 112 valence electrons. The lowest BCUT2D eigenvalue weighted by Gasteiger charge is -2.27. The zero-order chi connectivity index (χ0) is 15.4. The molecule has 21 heavy (non-hydrogen) atoms. The first-order valence-electron chi connectivity index (χ1n) is 7.54. The second-order valence-electron chi connectivity index (χ2n) is 6.07. The summed E-state index contributed by atoms with van der Waals surface area (Å²) >= 11 is 0. The number of nitrogens with zero attached hydrogens (tertiary/aromatic N) is 1. The fourth-order valence-corrected chi connectivity index (χ4v) is 2.63. The van der Waals surface area contributed by atoms with E-state index in [1.165, 1.54) is 11.1 Å². The van der Waals surface area contributed by atoms with Crippen LogP contribution in [0.4, 0.5) is 0 Å². The highest BCUT2D eigenvalue weighted by molar-refractivity contribution is 5.42. The van der Waals surface area contributed by atoms with Crippen LogP contribution in [0.25, 0.3) is 0 Å². The van der Waals surface area contributed by atoms with Crippen molar-refractivity contribution in [3.05, 3.63) is 64.7 Å². The van der Waals surface area contributed by atoms with Gasteiger partial charge in [-0.25, -0.2) is 0 Å². The third-order valence-corrected chi connectivity index (χ3v) is 3.86. The van der Waals surface area contributed by atoms with Crippen LogP contribution in [0.15, 0.2) is 42.5 Å². The number of phenolic OH excluding ortho intramolecular Hbond substituents is 1. The average Bonchev–Trinajstić information content (AvgIpc) is 2.44. The molecular weight excluding hydrogens is 258 g/mol. The zero-order valence-corrected chi connectivity index (χ0v) is 13.4. The van der Waals surface area contributed by atoms with Gasteiger partial charge in [0.25, 0.3) is 0 Å². The lowest BCUT2D eigenvalue weighted by atomic mass is 10.0. The molecule has 0 heterocycles. The molecule has 2 heteroatoms. The van der Waals surface area contributed by atoms with Crippen molar-refractivity contribution < 1.29 is 5.11 Å². The van der Waals surface area contributed by atoms with Gasteiger partial charge >= 0.3 is 0 Å². The maximum atomic E-state index is 10.3. The molecule has 0 bridgehead atoms. The molecule has 0 saturated carbocycles. The first kappa shape index (κ1) is 15.6. The molecule has 0 aliphatic heterocycles. The van der Waals surface area contributed by atoms with Crippen molar-refractivity contribution in [3.63, 3.8) is 0 Å². The second-order valence-corrected chi connectivity index (χ2v) is 6.07. The summed E-state index contributed by atoms with van der Waals surface area (Å²) in [5, 5.41) is 10.3. The summed E-state index contributed by atoms with van der Waals surface area (Å²) in [6.45, 7) is 10.1. The summed E-state index contributed by atoms with van der Waals surface area (Å²) < 4.78 is 0. The largest absolute Gasteiger partial charge is 0.507 e. The predicted octanol–water partition coefficient (Wildman–Crippen LogP) is 4.42. The lowest BCUT2D eigenvalue weighted by molar-refractivity contribution is 0.201. The van der Waals surface area contributed by atoms with Gasteiger partial charge in [-0.15, -0.1) is 0 Å². The van der Waals surface area contributed by atoms with Gasteiger partial charge in [0.1, 0.15) is 5.75 Å². The first-order chi connectivity index (χ1) is 9.97. The van der Waals surface area contributed by atoms with Crippen LogP contribution in [0.5, 0.6) is 5.75 Å². The van der Waals surface area contributed by atoms with Crippen molar-refractivity contribution in [1.82, 2.24) is 4.90 Å². The van der Waals surface area contributed by atoms with Gasteiger partial charge in [0.2, 0.25) is 0 Å². The molecule has 0 unspecified atom stereocenters. The molecule has 0 aliphatic carbocycles. The molecule has 0 fully saturated rings. The number of hydrogen-bond acceptors (Lipinski definition) is 2. The van der Waals surface area contributed by atoms with E-state index in [9.17, 15) is 5.11 Å². The predicted molar refractivity (Wildman–Crippen MR) is 88.4 cm³/mol. The van der Waals surface area contributed by atoms with E-state index in [1.54, 1.807) is 0 Å². The maximum Gasteiger partial charge on any atom is 0.122 e. The Balaban J connectivity index is 2.21. The lowest BCUT2D eigenvalue weighted by Crippen LogP contribution is -2.29. The summed E-state index contributed by atoms with van der Waals surface area (Å²) in [5.74, 6) is 0.430. The van der Waals surface area contributed by atoms with E-state index in [1.807, 2.05) is 19.1 Å². The van der Waals surface area contributed by atoms with Crippen molar-refractivity contribution in [1.29, 1.82) is 0 Å². The molecule has 2 aromatic carbocycles. The monoisotopic (exact) mass is 283 g/mol. The van der Waals surface area contributed by atoms with Crippen LogP contribution in [0.3, 0.4) is 0 Å². The molecule has 0 aromatic heterocycles. The van der Waals surface area contributed by atoms with Crippen molar-refractivity contribution in [3.8, 4) is 5.75 Å². The fraction of sp³-hybridized carbons (Fsp3) is 0.368. The van der Waals surface area contributed by atoms with Gasteiger partial charge in [0.15, 0.2) is 0 Å². The van der Waals surface area contributed by atoms with Crippen LogP contribution >= 0.6 is 0 Å². The number of phenols is 1. The molecule has 0 atom stereocenters. The Bertz CT molecular complexity index is 590. The summed E-state index contributed by atoms with van der Waals surface area (Å²) in [7, 11) is 0. The quantitative estimate of drug-likeness (QED) is 0.878. The minimum absolute atomic E-state index is 0.422. The van der Waals surface area contributed by atoms with Crippen LogP contribution in [-0.4, -0.2) is 16.0 Å². The Labute approximate surface area is 128 Å². The van der Waals surface area contributed by atoms with Crippen LogP contribution in [0.2, 0.25) is 0 Å². The third kappa shape index (κ3) is 4.08. The van der Waals surface area contributed by atoms with Crippen molar-refractivity contribution in [2.24, 2.45) is 0 Å². The molecule has 2 nitrogen and oxygen atoms in total. The Morgan fingerprint density at radius 2 is 1.67 bits per heavy atom. The minimum Gasteiger partial charge on any atom is -0.507 e. The van der Waals surface area contributed by atoms with E-state index < -0.39 is 0 Å². The van der Waals surface area contributed by atoms with Gasteiger partial charge in [-0.2, -0.15) is 0 Å². The average molecular weight is 283 g/mol. The minimum atomic E-state index is 0.422. The standard InChI is InChI=1S/C19H25NO/c1-14(2)20(12-17-8-6-5-7-9-17)13-18-11-15(3)10-16(4)19(18)21/h5-11,14,21H,12-13H2,1-4H3. The van der Waals surface area contributed by atoms with Crippen LogP contribution in [0, 0.1) is 13.8 Å². The summed E-state index contributed by atoms with van der Waals surface area (Å²) in [6.07, 6.45) is 0. The number of aromatic hydroxyl groups is 1. The van der Waals surface area contributed by atoms with E-state index >= 15 is 0 Å². The number of aryl methyl sites for hydroxylation is 2. The number of benzene rings is 2. The first-order valence-corrected chi connectivity index (χ1v) is 7.54. The van der Waals surface area contributed by atoms with Crippen molar-refractivity contribution >= 4 is 0 Å². The van der Waals surface area contributed by atoms with Crippen LogP contribution in [-0.2, 0) is 13.1 Å². The SMILES string of the molecule is Cc1cc(C)c(O)c(CN(Cc2ccccc2)C(C)C)c1. The van der Waals surface area contributed by atoms with E-state index in [0.717, 1.165) is 24.2 Å². The Morgan fingerprint density at radius 1 is 1.00 bits per heavy atom. The number of hydrogen-bond donors (Lipinski definition) is 1. The molecule has 0 radical (unpaired) electrons. The molecule has 0 saturated heterocycles. The van der Waals surface area contributed by atoms with Gasteiger partial charge in [0.05, 0.1) is 0 Å². The second kappa shape index (κ2) is 6.77. The summed E-state index contributed by atoms with van der Waals surface area (Å²) in [5.41, 5.74) is 4.46. The van der Waals surface area contributed by atoms with E-state index in [4.69, 9.17) is 0 Å². The van der Waals surface area contributed by atoms with Gasteiger partial charge in [0, 0.05) is 24.7 Å². The molecule has 2 rings (SSSR count). The van der Waals surface area contributed by atoms with Crippen molar-refractivity contribution in [2.45, 2.75) is 46.8 Å². The van der Waals surface area contributed by atoms with Crippen LogP contribution < -0.4 is 0 Å². The van der Waals surface area contributed by atoms with E-state index in [0.29, 0.717) is 11.8 Å². The van der Waals surface area contributed by atoms with E-state index in [-0.39, 0.29) is 0 Å². The maximum absolute atomic E-state index is 10.3. The number of rotatable bonds is 5. The third-order valence-electron chi connectivity index (χ3n) is 3.86. The molecule has 0 spiro atoms. The van der Waals surface area contributed by atoms with Crippen LogP contribution in [0.1, 0.15) is 36.1 Å². The highest BCUT2D eigenvalue weighted by Crippen LogP contribution is 2.26. The highest BCUT2D eigenvalue weighted by atomic mass is 16.3. The van der Waals surface area contributed by atoms with Gasteiger partial charge in [-0.05, 0) is 38.8 Å². The summed E-state index contributed by atoms with van der Waals surface area (Å²) in [6, 6.07) is 15.0. The topological polar surface area (TPSA) is 23.5 Å². The fourth-order valence-electron chi connectivity index (χ4n) is 2.63. The molecular formula is C19H25NO. The molecule has 0 aliphatic rings. The molecule has 0 amide bonds. The Morgan fingerprint density at radius 3 is 2.29 bits per heavy atom. The zero-order valence-electron chi connectivity index (χ0n) is 13.4. The van der Waals surface area contributed by atoms with Gasteiger partial charge in [-0.1, -0.05) is 48.0 Å².